The molecular formula is C7H12ClNS. The predicted molar refractivity (Wildman–Crippen MR) is 48.8 cm³/mol. The van der Waals surface area contributed by atoms with E-state index in [1.165, 1.54) is 11.1 Å². The smallest absolute Gasteiger partial charge is 0.0189 e. The molecule has 0 fully saturated rings. The fourth-order valence-electron chi connectivity index (χ4n) is 0.839. The quantitative estimate of drug-likeness (QED) is 0.737. The zero-order chi connectivity index (χ0) is 6.69. The third kappa shape index (κ3) is 1.97. The van der Waals surface area contributed by atoms with Gasteiger partial charge in [-0.3, -0.25) is 0 Å². The van der Waals surface area contributed by atoms with Crippen molar-refractivity contribution in [2.45, 2.75) is 19.9 Å². The molecule has 3 heteroatoms. The highest BCUT2D eigenvalue weighted by atomic mass is 35.5. The van der Waals surface area contributed by atoms with Gasteiger partial charge in [-0.05, 0) is 28.3 Å². The van der Waals surface area contributed by atoms with Crippen molar-refractivity contribution in [3.8, 4) is 0 Å². The molecule has 0 amide bonds. The Labute approximate surface area is 71.7 Å². The average molecular weight is 178 g/mol. The Bertz CT molecular complexity index is 167. The van der Waals surface area contributed by atoms with Gasteiger partial charge in [0.1, 0.15) is 0 Å². The lowest BCUT2D eigenvalue weighted by atomic mass is 10.1. The summed E-state index contributed by atoms with van der Waals surface area (Å²) in [5.74, 6) is 0. The van der Waals surface area contributed by atoms with Crippen LogP contribution >= 0.6 is 23.7 Å². The minimum atomic E-state index is 0. The van der Waals surface area contributed by atoms with Crippen molar-refractivity contribution < 1.29 is 0 Å². The molecule has 0 unspecified atom stereocenters. The van der Waals surface area contributed by atoms with Crippen LogP contribution in [0.1, 0.15) is 18.1 Å². The molecule has 0 aliphatic carbocycles. The first-order valence-corrected chi connectivity index (χ1v) is 4.06. The molecule has 0 atom stereocenters. The van der Waals surface area contributed by atoms with E-state index in [2.05, 4.69) is 17.7 Å². The summed E-state index contributed by atoms with van der Waals surface area (Å²) in [6.07, 6.45) is 1.11. The van der Waals surface area contributed by atoms with Crippen molar-refractivity contribution in [2.24, 2.45) is 5.73 Å². The molecule has 0 aromatic carbocycles. The van der Waals surface area contributed by atoms with Gasteiger partial charge in [-0.1, -0.05) is 6.92 Å². The molecule has 1 nitrogen and oxygen atoms in total. The third-order valence-corrected chi connectivity index (χ3v) is 2.28. The maximum atomic E-state index is 5.48. The molecule has 0 radical (unpaired) electrons. The van der Waals surface area contributed by atoms with Gasteiger partial charge < -0.3 is 5.73 Å². The molecule has 1 aromatic rings. The van der Waals surface area contributed by atoms with Crippen LogP contribution in [0.3, 0.4) is 0 Å². The maximum Gasteiger partial charge on any atom is 0.0189 e. The summed E-state index contributed by atoms with van der Waals surface area (Å²) in [7, 11) is 0. The van der Waals surface area contributed by atoms with Crippen molar-refractivity contribution in [3.05, 3.63) is 21.9 Å². The highest BCUT2D eigenvalue weighted by molar-refractivity contribution is 7.08. The molecule has 1 aromatic heterocycles. The van der Waals surface area contributed by atoms with Crippen LogP contribution in [0.2, 0.25) is 0 Å². The maximum absolute atomic E-state index is 5.48. The molecule has 0 aliphatic rings. The van der Waals surface area contributed by atoms with E-state index in [1.54, 1.807) is 11.3 Å². The Kier molecular flexibility index (Phi) is 4.69. The lowest BCUT2D eigenvalue weighted by Gasteiger charge is -1.93. The molecule has 58 valence electrons. The summed E-state index contributed by atoms with van der Waals surface area (Å²) in [6, 6.07) is 0. The molecule has 1 heterocycles. The van der Waals surface area contributed by atoms with Crippen LogP contribution in [-0.4, -0.2) is 0 Å². The van der Waals surface area contributed by atoms with Gasteiger partial charge in [0.15, 0.2) is 0 Å². The average Bonchev–Trinajstić information content (AvgIpc) is 2.33. The van der Waals surface area contributed by atoms with Crippen LogP contribution in [-0.2, 0) is 13.0 Å². The van der Waals surface area contributed by atoms with E-state index in [4.69, 9.17) is 5.73 Å². The largest absolute Gasteiger partial charge is 0.326 e. The number of hydrogen-bond acceptors (Lipinski definition) is 2. The van der Waals surface area contributed by atoms with Gasteiger partial charge in [-0.25, -0.2) is 0 Å². The Morgan fingerprint density at radius 2 is 2.00 bits per heavy atom. The predicted octanol–water partition coefficient (Wildman–Crippen LogP) is 2.19. The highest BCUT2D eigenvalue weighted by Gasteiger charge is 1.96. The van der Waals surface area contributed by atoms with E-state index < -0.39 is 0 Å². The van der Waals surface area contributed by atoms with Crippen LogP contribution in [0.5, 0.6) is 0 Å². The van der Waals surface area contributed by atoms with Crippen molar-refractivity contribution in [3.63, 3.8) is 0 Å². The zero-order valence-electron chi connectivity index (χ0n) is 5.96. The third-order valence-electron chi connectivity index (χ3n) is 1.43. The number of thiophene rings is 1. The van der Waals surface area contributed by atoms with Crippen molar-refractivity contribution in [2.75, 3.05) is 0 Å². The summed E-state index contributed by atoms with van der Waals surface area (Å²) in [6.45, 7) is 2.84. The van der Waals surface area contributed by atoms with Gasteiger partial charge in [-0.2, -0.15) is 11.3 Å². The molecule has 0 saturated carbocycles. The minimum Gasteiger partial charge on any atom is -0.326 e. The van der Waals surface area contributed by atoms with Gasteiger partial charge >= 0.3 is 0 Å². The summed E-state index contributed by atoms with van der Waals surface area (Å²) in [5, 5.41) is 4.29. The lowest BCUT2D eigenvalue weighted by Crippen LogP contribution is -1.96. The van der Waals surface area contributed by atoms with Crippen LogP contribution in [0.25, 0.3) is 0 Å². The normalized spacial score (nSPS) is 9.00. The Hall–Kier alpha value is -0.0500. The molecule has 1 rings (SSSR count). The van der Waals surface area contributed by atoms with Crippen LogP contribution in [0.15, 0.2) is 10.8 Å². The van der Waals surface area contributed by atoms with E-state index in [0.29, 0.717) is 6.54 Å². The molecule has 10 heavy (non-hydrogen) atoms. The number of nitrogens with two attached hydrogens (primary N) is 1. The monoisotopic (exact) mass is 177 g/mol. The molecule has 0 aliphatic heterocycles. The number of rotatable bonds is 2. The molecule has 0 saturated heterocycles. The number of hydrogen-bond donors (Lipinski definition) is 1. The van der Waals surface area contributed by atoms with Crippen LogP contribution in [0, 0.1) is 0 Å². The van der Waals surface area contributed by atoms with E-state index in [9.17, 15) is 0 Å². The van der Waals surface area contributed by atoms with Crippen molar-refractivity contribution in [1.29, 1.82) is 0 Å². The zero-order valence-corrected chi connectivity index (χ0v) is 7.60. The summed E-state index contributed by atoms with van der Waals surface area (Å²) < 4.78 is 0. The first-order chi connectivity index (χ1) is 4.38. The van der Waals surface area contributed by atoms with Crippen LogP contribution in [0.4, 0.5) is 0 Å². The van der Waals surface area contributed by atoms with Gasteiger partial charge in [0, 0.05) is 6.54 Å². The Balaban J connectivity index is 0.000000810. The summed E-state index contributed by atoms with van der Waals surface area (Å²) >= 11 is 1.74. The van der Waals surface area contributed by atoms with E-state index in [-0.39, 0.29) is 12.4 Å². The van der Waals surface area contributed by atoms with Gasteiger partial charge in [0.2, 0.25) is 0 Å². The Morgan fingerprint density at radius 3 is 2.40 bits per heavy atom. The van der Waals surface area contributed by atoms with E-state index >= 15 is 0 Å². The van der Waals surface area contributed by atoms with E-state index in [0.717, 1.165) is 6.42 Å². The summed E-state index contributed by atoms with van der Waals surface area (Å²) in [5.41, 5.74) is 8.19. The topological polar surface area (TPSA) is 26.0 Å². The van der Waals surface area contributed by atoms with Crippen molar-refractivity contribution in [1.82, 2.24) is 0 Å². The van der Waals surface area contributed by atoms with Gasteiger partial charge in [-0.15, -0.1) is 12.4 Å². The molecular weight excluding hydrogens is 166 g/mol. The number of halogens is 1. The lowest BCUT2D eigenvalue weighted by molar-refractivity contribution is 1.02. The fraction of sp³-hybridized carbons (Fsp3) is 0.429. The molecule has 0 bridgehead atoms. The SMILES string of the molecule is CCc1cscc1CN.Cl. The van der Waals surface area contributed by atoms with Gasteiger partial charge in [0.25, 0.3) is 0 Å². The van der Waals surface area contributed by atoms with Crippen molar-refractivity contribution >= 4 is 23.7 Å². The second kappa shape index (κ2) is 4.72. The first-order valence-electron chi connectivity index (χ1n) is 3.12. The molecule has 0 spiro atoms. The molecule has 2 N–H and O–H groups in total. The number of aryl methyl sites for hydroxylation is 1. The second-order valence-corrected chi connectivity index (χ2v) is 2.72. The van der Waals surface area contributed by atoms with Gasteiger partial charge in [0.05, 0.1) is 0 Å². The minimum absolute atomic E-state index is 0. The first kappa shape index (κ1) is 9.95. The fourth-order valence-corrected chi connectivity index (χ4v) is 1.80. The Morgan fingerprint density at radius 1 is 1.40 bits per heavy atom. The van der Waals surface area contributed by atoms with E-state index in [1.807, 2.05) is 0 Å². The highest BCUT2D eigenvalue weighted by Crippen LogP contribution is 2.14. The second-order valence-electron chi connectivity index (χ2n) is 1.98. The summed E-state index contributed by atoms with van der Waals surface area (Å²) in [4.78, 5) is 0. The standard InChI is InChI=1S/C7H11NS.ClH/c1-2-6-4-9-5-7(6)3-8;/h4-5H,2-3,8H2,1H3;1H. The van der Waals surface area contributed by atoms with Crippen LogP contribution < -0.4 is 5.73 Å².